The van der Waals surface area contributed by atoms with Gasteiger partial charge in [-0.1, -0.05) is 22.0 Å². The van der Waals surface area contributed by atoms with Crippen molar-refractivity contribution in [1.29, 1.82) is 0 Å². The molecule has 1 aromatic carbocycles. The Kier molecular flexibility index (Phi) is 2.73. The van der Waals surface area contributed by atoms with Gasteiger partial charge in [-0.2, -0.15) is 0 Å². The molecule has 2 aromatic rings. The Bertz CT molecular complexity index is 495. The zero-order valence-corrected chi connectivity index (χ0v) is 9.95. The van der Waals surface area contributed by atoms with E-state index in [0.717, 1.165) is 10.0 Å². The second kappa shape index (κ2) is 4.03. The van der Waals surface area contributed by atoms with E-state index < -0.39 is 0 Å². The summed E-state index contributed by atoms with van der Waals surface area (Å²) in [7, 11) is 0. The van der Waals surface area contributed by atoms with Gasteiger partial charge in [-0.25, -0.2) is 4.98 Å². The first-order valence-corrected chi connectivity index (χ1v) is 5.44. The van der Waals surface area contributed by atoms with Crippen LogP contribution in [0.5, 0.6) is 0 Å². The lowest BCUT2D eigenvalue weighted by molar-refractivity contribution is 1.33. The Morgan fingerprint density at radius 2 is 2.00 bits per heavy atom. The molecule has 3 heteroatoms. The standard InChI is InChI=1S/C12H11BrN2/c1-8-2-3-10(13)7-11(8)9-4-5-15-12(14)6-9/h2-7H,1H3,(H2,14,15). The number of nitrogens with two attached hydrogens (primary N) is 1. The monoisotopic (exact) mass is 262 g/mol. The van der Waals surface area contributed by atoms with E-state index in [0.29, 0.717) is 5.82 Å². The minimum Gasteiger partial charge on any atom is -0.384 e. The molecule has 0 aliphatic heterocycles. The first-order valence-electron chi connectivity index (χ1n) is 4.65. The minimum atomic E-state index is 0.548. The number of nitrogens with zero attached hydrogens (tertiary/aromatic N) is 1. The van der Waals surface area contributed by atoms with E-state index in [9.17, 15) is 0 Å². The van der Waals surface area contributed by atoms with Crippen LogP contribution in [-0.4, -0.2) is 4.98 Å². The summed E-state index contributed by atoms with van der Waals surface area (Å²) in [6.07, 6.45) is 1.73. The van der Waals surface area contributed by atoms with Gasteiger partial charge in [0.05, 0.1) is 0 Å². The minimum absolute atomic E-state index is 0.548. The van der Waals surface area contributed by atoms with Gasteiger partial charge in [0.15, 0.2) is 0 Å². The van der Waals surface area contributed by atoms with Crippen molar-refractivity contribution in [2.24, 2.45) is 0 Å². The van der Waals surface area contributed by atoms with Gasteiger partial charge in [0, 0.05) is 10.7 Å². The van der Waals surface area contributed by atoms with Crippen LogP contribution in [0.15, 0.2) is 41.0 Å². The van der Waals surface area contributed by atoms with Crippen molar-refractivity contribution in [1.82, 2.24) is 4.98 Å². The van der Waals surface area contributed by atoms with Crippen LogP contribution in [0, 0.1) is 6.92 Å². The lowest BCUT2D eigenvalue weighted by Crippen LogP contribution is -1.90. The normalized spacial score (nSPS) is 10.3. The first kappa shape index (κ1) is 10.2. The number of aromatic nitrogens is 1. The van der Waals surface area contributed by atoms with Crippen LogP contribution < -0.4 is 5.73 Å². The first-order chi connectivity index (χ1) is 7.16. The summed E-state index contributed by atoms with van der Waals surface area (Å²) in [6, 6.07) is 10.0. The number of aryl methyl sites for hydroxylation is 1. The van der Waals surface area contributed by atoms with Gasteiger partial charge in [-0.05, 0) is 47.9 Å². The lowest BCUT2D eigenvalue weighted by atomic mass is 10.0. The quantitative estimate of drug-likeness (QED) is 0.856. The number of halogens is 1. The van der Waals surface area contributed by atoms with Crippen molar-refractivity contribution in [3.8, 4) is 11.1 Å². The maximum Gasteiger partial charge on any atom is 0.123 e. The number of benzene rings is 1. The fourth-order valence-corrected chi connectivity index (χ4v) is 1.88. The maximum atomic E-state index is 5.66. The summed E-state index contributed by atoms with van der Waals surface area (Å²) < 4.78 is 1.07. The molecular weight excluding hydrogens is 252 g/mol. The van der Waals surface area contributed by atoms with Gasteiger partial charge >= 0.3 is 0 Å². The largest absolute Gasteiger partial charge is 0.384 e. The molecule has 2 rings (SSSR count). The van der Waals surface area contributed by atoms with Gasteiger partial charge in [0.25, 0.3) is 0 Å². The molecule has 15 heavy (non-hydrogen) atoms. The molecule has 1 aromatic heterocycles. The van der Waals surface area contributed by atoms with Crippen LogP contribution in [-0.2, 0) is 0 Å². The molecule has 0 aliphatic carbocycles. The Morgan fingerprint density at radius 1 is 1.20 bits per heavy atom. The van der Waals surface area contributed by atoms with Crippen LogP contribution >= 0.6 is 15.9 Å². The molecular formula is C12H11BrN2. The van der Waals surface area contributed by atoms with E-state index in [1.807, 2.05) is 18.2 Å². The number of rotatable bonds is 1. The van der Waals surface area contributed by atoms with Crippen molar-refractivity contribution in [2.75, 3.05) is 5.73 Å². The molecule has 0 bridgehead atoms. The van der Waals surface area contributed by atoms with Gasteiger partial charge in [-0.3, -0.25) is 0 Å². The van der Waals surface area contributed by atoms with E-state index in [1.54, 1.807) is 6.20 Å². The van der Waals surface area contributed by atoms with Crippen molar-refractivity contribution in [3.63, 3.8) is 0 Å². The number of nitrogen functional groups attached to an aromatic ring is 1. The highest BCUT2D eigenvalue weighted by Gasteiger charge is 2.02. The van der Waals surface area contributed by atoms with Crippen molar-refractivity contribution in [2.45, 2.75) is 6.92 Å². The van der Waals surface area contributed by atoms with Gasteiger partial charge in [0.1, 0.15) is 5.82 Å². The molecule has 0 amide bonds. The average molecular weight is 263 g/mol. The molecule has 2 N–H and O–H groups in total. The Hall–Kier alpha value is -1.35. The topological polar surface area (TPSA) is 38.9 Å². The molecule has 0 aliphatic rings. The van der Waals surface area contributed by atoms with Crippen LogP contribution in [0.4, 0.5) is 5.82 Å². The molecule has 76 valence electrons. The number of pyridine rings is 1. The molecule has 0 fully saturated rings. The maximum absolute atomic E-state index is 5.66. The molecule has 0 radical (unpaired) electrons. The summed E-state index contributed by atoms with van der Waals surface area (Å²) in [6.45, 7) is 2.08. The third-order valence-electron chi connectivity index (χ3n) is 2.29. The average Bonchev–Trinajstić information content (AvgIpc) is 2.22. The van der Waals surface area contributed by atoms with Gasteiger partial charge < -0.3 is 5.73 Å². The Balaban J connectivity index is 2.58. The van der Waals surface area contributed by atoms with E-state index in [2.05, 4.69) is 40.0 Å². The SMILES string of the molecule is Cc1ccc(Br)cc1-c1ccnc(N)c1. The van der Waals surface area contributed by atoms with Crippen LogP contribution in [0.1, 0.15) is 5.56 Å². The summed E-state index contributed by atoms with van der Waals surface area (Å²) >= 11 is 3.47. The molecule has 0 atom stereocenters. The molecule has 0 unspecified atom stereocenters. The number of hydrogen-bond donors (Lipinski definition) is 1. The fraction of sp³-hybridized carbons (Fsp3) is 0.0833. The number of anilines is 1. The third-order valence-corrected chi connectivity index (χ3v) is 2.78. The molecule has 0 spiro atoms. The Morgan fingerprint density at radius 3 is 2.73 bits per heavy atom. The third kappa shape index (κ3) is 2.18. The summed E-state index contributed by atoms with van der Waals surface area (Å²) in [5, 5.41) is 0. The zero-order chi connectivity index (χ0) is 10.8. The van der Waals surface area contributed by atoms with Crippen LogP contribution in [0.25, 0.3) is 11.1 Å². The smallest absolute Gasteiger partial charge is 0.123 e. The second-order valence-corrected chi connectivity index (χ2v) is 4.34. The van der Waals surface area contributed by atoms with Gasteiger partial charge in [-0.15, -0.1) is 0 Å². The Labute approximate surface area is 97.3 Å². The molecule has 0 saturated heterocycles. The number of hydrogen-bond acceptors (Lipinski definition) is 2. The van der Waals surface area contributed by atoms with Crippen molar-refractivity contribution < 1.29 is 0 Å². The van der Waals surface area contributed by atoms with Crippen molar-refractivity contribution in [3.05, 3.63) is 46.6 Å². The van der Waals surface area contributed by atoms with E-state index >= 15 is 0 Å². The highest BCUT2D eigenvalue weighted by Crippen LogP contribution is 2.27. The van der Waals surface area contributed by atoms with Crippen LogP contribution in [0.3, 0.4) is 0 Å². The molecule has 0 saturated carbocycles. The van der Waals surface area contributed by atoms with Gasteiger partial charge in [0.2, 0.25) is 0 Å². The predicted molar refractivity (Wildman–Crippen MR) is 66.5 cm³/mol. The summed E-state index contributed by atoms with van der Waals surface area (Å²) in [4.78, 5) is 3.98. The zero-order valence-electron chi connectivity index (χ0n) is 8.37. The molecule has 1 heterocycles. The van der Waals surface area contributed by atoms with E-state index in [1.165, 1.54) is 11.1 Å². The lowest BCUT2D eigenvalue weighted by Gasteiger charge is -2.06. The highest BCUT2D eigenvalue weighted by atomic mass is 79.9. The predicted octanol–water partition coefficient (Wildman–Crippen LogP) is 3.40. The highest BCUT2D eigenvalue weighted by molar-refractivity contribution is 9.10. The van der Waals surface area contributed by atoms with E-state index in [4.69, 9.17) is 5.73 Å². The fourth-order valence-electron chi connectivity index (χ4n) is 1.52. The van der Waals surface area contributed by atoms with Crippen molar-refractivity contribution >= 4 is 21.7 Å². The summed E-state index contributed by atoms with van der Waals surface area (Å²) in [5.41, 5.74) is 9.16. The summed E-state index contributed by atoms with van der Waals surface area (Å²) in [5.74, 6) is 0.548. The second-order valence-electron chi connectivity index (χ2n) is 3.43. The van der Waals surface area contributed by atoms with E-state index in [-0.39, 0.29) is 0 Å². The molecule has 2 nitrogen and oxygen atoms in total. The van der Waals surface area contributed by atoms with Crippen LogP contribution in [0.2, 0.25) is 0 Å².